The molecule has 1 amide bonds. The number of amides is 1. The number of rotatable bonds is 9. The van der Waals surface area contributed by atoms with Crippen LogP contribution in [0.5, 0.6) is 0 Å². The summed E-state index contributed by atoms with van der Waals surface area (Å²) in [6.07, 6.45) is 4.64. The van der Waals surface area contributed by atoms with Crippen molar-refractivity contribution in [2.75, 3.05) is 26.9 Å². The molecule has 116 valence electrons. The lowest BCUT2D eigenvalue weighted by atomic mass is 9.83. The molecule has 0 atom stereocenters. The smallest absolute Gasteiger partial charge is 0.222 e. The molecular weight excluding hydrogens is 258 g/mol. The van der Waals surface area contributed by atoms with Crippen LogP contribution in [0.3, 0.4) is 0 Å². The summed E-state index contributed by atoms with van der Waals surface area (Å²) in [5.41, 5.74) is 0. The Balaban J connectivity index is 2.10. The SMILES string of the molecule is CCC(=O)C1CCC(NC(=O)CCOCCOC)CC1. The highest BCUT2D eigenvalue weighted by Crippen LogP contribution is 2.25. The van der Waals surface area contributed by atoms with Gasteiger partial charge in [-0.1, -0.05) is 6.92 Å². The van der Waals surface area contributed by atoms with E-state index in [0.717, 1.165) is 25.7 Å². The van der Waals surface area contributed by atoms with Crippen LogP contribution >= 0.6 is 0 Å². The number of nitrogens with one attached hydrogen (secondary N) is 1. The van der Waals surface area contributed by atoms with Gasteiger partial charge >= 0.3 is 0 Å². The lowest BCUT2D eigenvalue weighted by molar-refractivity contribution is -0.124. The number of carbonyl (C=O) groups excluding carboxylic acids is 2. The Kier molecular flexibility index (Phi) is 8.46. The van der Waals surface area contributed by atoms with E-state index in [0.29, 0.717) is 38.4 Å². The molecule has 0 aromatic carbocycles. The maximum Gasteiger partial charge on any atom is 0.222 e. The van der Waals surface area contributed by atoms with Crippen LogP contribution in [-0.2, 0) is 19.1 Å². The van der Waals surface area contributed by atoms with E-state index in [1.165, 1.54) is 0 Å². The fourth-order valence-corrected chi connectivity index (χ4v) is 2.56. The Hall–Kier alpha value is -0.940. The first-order valence-electron chi connectivity index (χ1n) is 7.56. The topological polar surface area (TPSA) is 64.6 Å². The molecule has 0 unspecified atom stereocenters. The Morgan fingerprint density at radius 2 is 1.80 bits per heavy atom. The predicted molar refractivity (Wildman–Crippen MR) is 76.5 cm³/mol. The molecule has 0 radical (unpaired) electrons. The molecule has 0 aliphatic heterocycles. The van der Waals surface area contributed by atoms with E-state index in [9.17, 15) is 9.59 Å². The third-order valence-electron chi connectivity index (χ3n) is 3.80. The maximum absolute atomic E-state index is 11.7. The van der Waals surface area contributed by atoms with Crippen LogP contribution in [0.15, 0.2) is 0 Å². The van der Waals surface area contributed by atoms with Gasteiger partial charge in [-0.2, -0.15) is 0 Å². The Morgan fingerprint density at radius 1 is 1.10 bits per heavy atom. The number of ether oxygens (including phenoxy) is 2. The molecule has 20 heavy (non-hydrogen) atoms. The van der Waals surface area contributed by atoms with Crippen molar-refractivity contribution in [3.05, 3.63) is 0 Å². The van der Waals surface area contributed by atoms with Crippen molar-refractivity contribution in [1.29, 1.82) is 0 Å². The molecule has 1 fully saturated rings. The molecule has 5 heteroatoms. The molecule has 1 aliphatic carbocycles. The van der Waals surface area contributed by atoms with E-state index in [2.05, 4.69) is 5.32 Å². The van der Waals surface area contributed by atoms with Crippen molar-refractivity contribution in [3.63, 3.8) is 0 Å². The van der Waals surface area contributed by atoms with Crippen LogP contribution in [0.25, 0.3) is 0 Å². The predicted octanol–water partition coefficient (Wildman–Crippen LogP) is 1.69. The molecule has 1 N–H and O–H groups in total. The average molecular weight is 285 g/mol. The zero-order valence-electron chi connectivity index (χ0n) is 12.7. The van der Waals surface area contributed by atoms with Gasteiger partial charge in [-0.25, -0.2) is 0 Å². The van der Waals surface area contributed by atoms with E-state index in [4.69, 9.17) is 9.47 Å². The number of carbonyl (C=O) groups is 2. The first-order valence-corrected chi connectivity index (χ1v) is 7.56. The molecule has 1 aliphatic rings. The summed E-state index contributed by atoms with van der Waals surface area (Å²) in [4.78, 5) is 23.3. The van der Waals surface area contributed by atoms with Crippen molar-refractivity contribution in [2.24, 2.45) is 5.92 Å². The van der Waals surface area contributed by atoms with Crippen LogP contribution in [0.1, 0.15) is 45.4 Å². The molecular formula is C15H27NO4. The zero-order valence-corrected chi connectivity index (χ0v) is 12.7. The summed E-state index contributed by atoms with van der Waals surface area (Å²) in [5, 5.41) is 3.03. The molecule has 0 saturated heterocycles. The van der Waals surface area contributed by atoms with E-state index in [1.54, 1.807) is 7.11 Å². The van der Waals surface area contributed by atoms with Gasteiger partial charge in [0.25, 0.3) is 0 Å². The monoisotopic (exact) mass is 285 g/mol. The second-order valence-electron chi connectivity index (χ2n) is 5.29. The van der Waals surface area contributed by atoms with Gasteiger partial charge in [-0.3, -0.25) is 9.59 Å². The average Bonchev–Trinajstić information content (AvgIpc) is 2.47. The fraction of sp³-hybridized carbons (Fsp3) is 0.867. The zero-order chi connectivity index (χ0) is 14.8. The first-order chi connectivity index (χ1) is 9.67. The lowest BCUT2D eigenvalue weighted by Crippen LogP contribution is -2.39. The summed E-state index contributed by atoms with van der Waals surface area (Å²) in [6.45, 7) is 3.42. The summed E-state index contributed by atoms with van der Waals surface area (Å²) in [7, 11) is 1.62. The van der Waals surface area contributed by atoms with Gasteiger partial charge < -0.3 is 14.8 Å². The standard InChI is InChI=1S/C15H27NO4/c1-3-14(17)12-4-6-13(7-5-12)16-15(18)8-9-20-11-10-19-2/h12-13H,3-11H2,1-2H3,(H,16,18). The van der Waals surface area contributed by atoms with E-state index in [-0.39, 0.29) is 17.9 Å². The molecule has 0 aromatic heterocycles. The van der Waals surface area contributed by atoms with Crippen molar-refractivity contribution >= 4 is 11.7 Å². The molecule has 0 bridgehead atoms. The van der Waals surface area contributed by atoms with Gasteiger partial charge in [-0.15, -0.1) is 0 Å². The quantitative estimate of drug-likeness (QED) is 0.655. The van der Waals surface area contributed by atoms with Crippen LogP contribution in [-0.4, -0.2) is 44.7 Å². The minimum atomic E-state index is 0.0349. The number of Topliss-reactive ketones (excluding diaryl/α,β-unsaturated/α-hetero) is 1. The minimum absolute atomic E-state index is 0.0349. The van der Waals surface area contributed by atoms with E-state index in [1.807, 2.05) is 6.92 Å². The Bertz CT molecular complexity index is 298. The van der Waals surface area contributed by atoms with Gasteiger partial charge in [0, 0.05) is 31.9 Å². The van der Waals surface area contributed by atoms with Crippen LogP contribution in [0, 0.1) is 5.92 Å². The highest BCUT2D eigenvalue weighted by atomic mass is 16.5. The van der Waals surface area contributed by atoms with Crippen molar-refractivity contribution in [3.8, 4) is 0 Å². The largest absolute Gasteiger partial charge is 0.382 e. The van der Waals surface area contributed by atoms with Crippen LogP contribution < -0.4 is 5.32 Å². The Morgan fingerprint density at radius 3 is 2.40 bits per heavy atom. The van der Waals surface area contributed by atoms with Crippen molar-refractivity contribution < 1.29 is 19.1 Å². The van der Waals surface area contributed by atoms with Crippen LogP contribution in [0.2, 0.25) is 0 Å². The number of methoxy groups -OCH3 is 1. The number of ketones is 1. The molecule has 1 rings (SSSR count). The maximum atomic E-state index is 11.7. The summed E-state index contributed by atoms with van der Waals surface area (Å²) in [5.74, 6) is 0.611. The molecule has 1 saturated carbocycles. The van der Waals surface area contributed by atoms with Gasteiger partial charge in [0.15, 0.2) is 0 Å². The molecule has 0 aromatic rings. The van der Waals surface area contributed by atoms with Crippen molar-refractivity contribution in [2.45, 2.75) is 51.5 Å². The third kappa shape index (κ3) is 6.48. The Labute approximate surface area is 121 Å². The van der Waals surface area contributed by atoms with Gasteiger partial charge in [0.2, 0.25) is 5.91 Å². The highest BCUT2D eigenvalue weighted by molar-refractivity contribution is 5.80. The first kappa shape index (κ1) is 17.1. The summed E-state index contributed by atoms with van der Waals surface area (Å²) in [6, 6.07) is 0.224. The van der Waals surface area contributed by atoms with Gasteiger partial charge in [0.05, 0.1) is 19.8 Å². The fourth-order valence-electron chi connectivity index (χ4n) is 2.56. The minimum Gasteiger partial charge on any atom is -0.382 e. The second kappa shape index (κ2) is 9.88. The molecule has 5 nitrogen and oxygen atoms in total. The van der Waals surface area contributed by atoms with Gasteiger partial charge in [-0.05, 0) is 25.7 Å². The number of hydrogen-bond acceptors (Lipinski definition) is 4. The highest BCUT2D eigenvalue weighted by Gasteiger charge is 2.25. The van der Waals surface area contributed by atoms with Crippen LogP contribution in [0.4, 0.5) is 0 Å². The third-order valence-corrected chi connectivity index (χ3v) is 3.80. The normalized spacial score (nSPS) is 22.5. The van der Waals surface area contributed by atoms with Gasteiger partial charge in [0.1, 0.15) is 5.78 Å². The summed E-state index contributed by atoms with van der Waals surface area (Å²) < 4.78 is 10.1. The lowest BCUT2D eigenvalue weighted by Gasteiger charge is -2.28. The second-order valence-corrected chi connectivity index (χ2v) is 5.29. The molecule has 0 heterocycles. The summed E-state index contributed by atoms with van der Waals surface area (Å²) >= 11 is 0. The van der Waals surface area contributed by atoms with E-state index >= 15 is 0 Å². The van der Waals surface area contributed by atoms with E-state index < -0.39 is 0 Å². The van der Waals surface area contributed by atoms with Crippen molar-refractivity contribution in [1.82, 2.24) is 5.32 Å². The molecule has 0 spiro atoms. The number of hydrogen-bond donors (Lipinski definition) is 1.